The van der Waals surface area contributed by atoms with E-state index in [0.29, 0.717) is 6.04 Å². The maximum Gasteiger partial charge on any atom is 0.0639 e. The first-order chi connectivity index (χ1) is 7.77. The molecule has 1 aliphatic rings. The molecule has 1 fully saturated rings. The summed E-state index contributed by atoms with van der Waals surface area (Å²) in [6.07, 6.45) is 7.20. The van der Waals surface area contributed by atoms with Crippen molar-refractivity contribution in [2.75, 3.05) is 13.1 Å². The second kappa shape index (κ2) is 5.41. The molecule has 1 aromatic heterocycles. The fourth-order valence-corrected chi connectivity index (χ4v) is 2.50. The van der Waals surface area contributed by atoms with Crippen molar-refractivity contribution in [3.05, 3.63) is 30.1 Å². The van der Waals surface area contributed by atoms with E-state index in [9.17, 15) is 5.11 Å². The Kier molecular flexibility index (Phi) is 3.91. The van der Waals surface area contributed by atoms with Gasteiger partial charge in [0.15, 0.2) is 0 Å². The molecule has 1 aromatic rings. The van der Waals surface area contributed by atoms with Crippen LogP contribution in [-0.4, -0.2) is 34.2 Å². The van der Waals surface area contributed by atoms with Crippen LogP contribution in [0.3, 0.4) is 0 Å². The molecule has 1 aliphatic heterocycles. The molecule has 2 atom stereocenters. The Morgan fingerprint density at radius 2 is 2.44 bits per heavy atom. The standard InChI is InChI=1S/C13H20N2O/c1-11(16)10-15-8-3-2-6-13(15)12-5-4-7-14-9-12/h4-5,7,9,11,13,16H,2-3,6,8,10H2,1H3/t11-,13-/m0/s1. The van der Waals surface area contributed by atoms with E-state index < -0.39 is 0 Å². The van der Waals surface area contributed by atoms with Gasteiger partial charge < -0.3 is 5.11 Å². The van der Waals surface area contributed by atoms with Crippen molar-refractivity contribution in [3.63, 3.8) is 0 Å². The van der Waals surface area contributed by atoms with Gasteiger partial charge in [0.05, 0.1) is 6.10 Å². The smallest absolute Gasteiger partial charge is 0.0639 e. The summed E-state index contributed by atoms with van der Waals surface area (Å²) >= 11 is 0. The predicted molar refractivity (Wildman–Crippen MR) is 64.1 cm³/mol. The minimum absolute atomic E-state index is 0.253. The van der Waals surface area contributed by atoms with E-state index in [-0.39, 0.29) is 6.10 Å². The van der Waals surface area contributed by atoms with Crippen molar-refractivity contribution in [1.82, 2.24) is 9.88 Å². The molecule has 3 nitrogen and oxygen atoms in total. The number of rotatable bonds is 3. The number of β-amino-alcohol motifs (C(OH)–C–C–N with tert-alkyl or cyclic N) is 1. The predicted octanol–water partition coefficient (Wildman–Crippen LogP) is 1.99. The Balaban J connectivity index is 2.10. The van der Waals surface area contributed by atoms with Crippen LogP contribution >= 0.6 is 0 Å². The number of hydrogen-bond donors (Lipinski definition) is 1. The highest BCUT2D eigenvalue weighted by Gasteiger charge is 2.24. The van der Waals surface area contributed by atoms with Gasteiger partial charge >= 0.3 is 0 Å². The topological polar surface area (TPSA) is 36.4 Å². The zero-order chi connectivity index (χ0) is 11.4. The highest BCUT2D eigenvalue weighted by atomic mass is 16.3. The van der Waals surface area contributed by atoms with Gasteiger partial charge in [-0.1, -0.05) is 12.5 Å². The minimum atomic E-state index is -0.253. The summed E-state index contributed by atoms with van der Waals surface area (Å²) in [5.74, 6) is 0. The second-order valence-corrected chi connectivity index (χ2v) is 4.64. The molecule has 0 aromatic carbocycles. The Bertz CT molecular complexity index is 313. The molecule has 1 saturated heterocycles. The number of nitrogens with zero attached hydrogens (tertiary/aromatic N) is 2. The molecule has 16 heavy (non-hydrogen) atoms. The minimum Gasteiger partial charge on any atom is -0.392 e. The van der Waals surface area contributed by atoms with Crippen molar-refractivity contribution in [3.8, 4) is 0 Å². The summed E-state index contributed by atoms with van der Waals surface area (Å²) in [6.45, 7) is 3.71. The molecule has 0 amide bonds. The lowest BCUT2D eigenvalue weighted by Crippen LogP contribution is -2.38. The summed E-state index contributed by atoms with van der Waals surface area (Å²) in [4.78, 5) is 6.56. The molecule has 2 heterocycles. The number of pyridine rings is 1. The fourth-order valence-electron chi connectivity index (χ4n) is 2.50. The molecule has 0 radical (unpaired) electrons. The third-order valence-electron chi connectivity index (χ3n) is 3.18. The molecule has 88 valence electrons. The van der Waals surface area contributed by atoms with Gasteiger partial charge in [-0.25, -0.2) is 0 Å². The molecule has 1 N–H and O–H groups in total. The van der Waals surface area contributed by atoms with E-state index in [1.54, 1.807) is 0 Å². The number of aliphatic hydroxyl groups is 1. The van der Waals surface area contributed by atoms with Crippen molar-refractivity contribution >= 4 is 0 Å². The lowest BCUT2D eigenvalue weighted by molar-refractivity contribution is 0.0761. The maximum absolute atomic E-state index is 9.51. The normalized spacial score (nSPS) is 24.2. The second-order valence-electron chi connectivity index (χ2n) is 4.64. The number of piperidine rings is 1. The third kappa shape index (κ3) is 2.80. The van der Waals surface area contributed by atoms with Gasteiger partial charge in [0, 0.05) is 25.0 Å². The first-order valence-corrected chi connectivity index (χ1v) is 6.09. The zero-order valence-corrected chi connectivity index (χ0v) is 9.84. The van der Waals surface area contributed by atoms with Crippen LogP contribution in [0.2, 0.25) is 0 Å². The van der Waals surface area contributed by atoms with Gasteiger partial charge in [-0.05, 0) is 37.9 Å². The molecule has 0 saturated carbocycles. The Morgan fingerprint density at radius 1 is 1.56 bits per heavy atom. The van der Waals surface area contributed by atoms with Gasteiger partial charge in [0.1, 0.15) is 0 Å². The van der Waals surface area contributed by atoms with Gasteiger partial charge in [-0.2, -0.15) is 0 Å². The zero-order valence-electron chi connectivity index (χ0n) is 9.84. The lowest BCUT2D eigenvalue weighted by atomic mass is 9.96. The molecular weight excluding hydrogens is 200 g/mol. The number of likely N-dealkylation sites (tertiary alicyclic amines) is 1. The van der Waals surface area contributed by atoms with Crippen LogP contribution in [-0.2, 0) is 0 Å². The molecule has 0 unspecified atom stereocenters. The van der Waals surface area contributed by atoms with Crippen LogP contribution < -0.4 is 0 Å². The highest BCUT2D eigenvalue weighted by molar-refractivity contribution is 5.14. The van der Waals surface area contributed by atoms with E-state index in [4.69, 9.17) is 0 Å². The summed E-state index contributed by atoms with van der Waals surface area (Å²) in [5, 5.41) is 9.51. The largest absolute Gasteiger partial charge is 0.392 e. The first kappa shape index (κ1) is 11.6. The average Bonchev–Trinajstić information content (AvgIpc) is 2.30. The number of hydrogen-bond acceptors (Lipinski definition) is 3. The third-order valence-corrected chi connectivity index (χ3v) is 3.18. The summed E-state index contributed by atoms with van der Waals surface area (Å²) in [5.41, 5.74) is 1.28. The monoisotopic (exact) mass is 220 g/mol. The van der Waals surface area contributed by atoms with Crippen LogP contribution in [0.25, 0.3) is 0 Å². The molecule has 2 rings (SSSR count). The van der Waals surface area contributed by atoms with E-state index >= 15 is 0 Å². The van der Waals surface area contributed by atoms with E-state index in [2.05, 4.69) is 16.0 Å². The van der Waals surface area contributed by atoms with Crippen molar-refractivity contribution in [2.45, 2.75) is 38.3 Å². The van der Waals surface area contributed by atoms with Gasteiger partial charge in [-0.15, -0.1) is 0 Å². The number of aliphatic hydroxyl groups excluding tert-OH is 1. The summed E-state index contributed by atoms with van der Waals surface area (Å²) in [7, 11) is 0. The lowest BCUT2D eigenvalue weighted by Gasteiger charge is -2.36. The Labute approximate surface area is 97.1 Å². The van der Waals surface area contributed by atoms with E-state index in [1.807, 2.05) is 25.4 Å². The Hall–Kier alpha value is -0.930. The molecular formula is C13H20N2O. The summed E-state index contributed by atoms with van der Waals surface area (Å²) < 4.78 is 0. The van der Waals surface area contributed by atoms with Gasteiger partial charge in [0.2, 0.25) is 0 Å². The van der Waals surface area contributed by atoms with E-state index in [0.717, 1.165) is 13.1 Å². The van der Waals surface area contributed by atoms with Crippen LogP contribution in [0.5, 0.6) is 0 Å². The van der Waals surface area contributed by atoms with Crippen molar-refractivity contribution < 1.29 is 5.11 Å². The van der Waals surface area contributed by atoms with Crippen LogP contribution in [0.15, 0.2) is 24.5 Å². The van der Waals surface area contributed by atoms with Crippen molar-refractivity contribution in [1.29, 1.82) is 0 Å². The molecule has 0 spiro atoms. The molecule has 3 heteroatoms. The molecule has 0 bridgehead atoms. The Morgan fingerprint density at radius 3 is 3.12 bits per heavy atom. The average molecular weight is 220 g/mol. The van der Waals surface area contributed by atoms with Crippen LogP contribution in [0.4, 0.5) is 0 Å². The summed E-state index contributed by atoms with van der Waals surface area (Å²) in [6, 6.07) is 4.57. The maximum atomic E-state index is 9.51. The first-order valence-electron chi connectivity index (χ1n) is 6.09. The fraction of sp³-hybridized carbons (Fsp3) is 0.615. The van der Waals surface area contributed by atoms with Gasteiger partial charge in [0.25, 0.3) is 0 Å². The van der Waals surface area contributed by atoms with Crippen LogP contribution in [0.1, 0.15) is 37.8 Å². The van der Waals surface area contributed by atoms with Crippen LogP contribution in [0, 0.1) is 0 Å². The van der Waals surface area contributed by atoms with Gasteiger partial charge in [-0.3, -0.25) is 9.88 Å². The number of aromatic nitrogens is 1. The molecule has 0 aliphatic carbocycles. The van der Waals surface area contributed by atoms with E-state index in [1.165, 1.54) is 24.8 Å². The SMILES string of the molecule is C[C@H](O)CN1CCCC[C@H]1c1cccnc1. The highest BCUT2D eigenvalue weighted by Crippen LogP contribution is 2.30. The quantitative estimate of drug-likeness (QED) is 0.846. The van der Waals surface area contributed by atoms with Crippen molar-refractivity contribution in [2.24, 2.45) is 0 Å².